The minimum Gasteiger partial charge on any atom is -0.444 e. The van der Waals surface area contributed by atoms with E-state index >= 15 is 0 Å². The molecule has 1 heterocycles. The van der Waals surface area contributed by atoms with E-state index in [0.717, 1.165) is 21.7 Å². The van der Waals surface area contributed by atoms with Crippen molar-refractivity contribution >= 4 is 33.6 Å². The number of nitrogens with zero attached hydrogens (tertiary/aromatic N) is 2. The second-order valence-corrected chi connectivity index (χ2v) is 15.3. The lowest BCUT2D eigenvalue weighted by atomic mass is 9.94. The molecule has 0 unspecified atom stereocenters. The summed E-state index contributed by atoms with van der Waals surface area (Å²) in [6.07, 6.45) is 0.747. The lowest BCUT2D eigenvalue weighted by Gasteiger charge is -2.35. The summed E-state index contributed by atoms with van der Waals surface area (Å²) in [5.41, 5.74) is 1.24. The summed E-state index contributed by atoms with van der Waals surface area (Å²) in [7, 11) is -2.40. The van der Waals surface area contributed by atoms with Gasteiger partial charge < -0.3 is 25.4 Å². The first-order chi connectivity index (χ1) is 22.5. The number of sulfonamides is 1. The average molecular weight is 679 g/mol. The van der Waals surface area contributed by atoms with Crippen LogP contribution in [0.5, 0.6) is 0 Å². The summed E-state index contributed by atoms with van der Waals surface area (Å²) in [6.45, 7) is 7.56. The Balaban J connectivity index is 1.66. The first-order valence-corrected chi connectivity index (χ1v) is 17.9. The van der Waals surface area contributed by atoms with Crippen LogP contribution in [0.4, 0.5) is 10.5 Å². The Labute approximate surface area is 283 Å². The van der Waals surface area contributed by atoms with E-state index in [9.17, 15) is 27.9 Å². The number of carbonyl (C=O) groups excluding carboxylic acids is 3. The summed E-state index contributed by atoms with van der Waals surface area (Å²) in [4.78, 5) is 42.0. The molecule has 4 rings (SSSR count). The predicted octanol–water partition coefficient (Wildman–Crippen LogP) is 4.67. The summed E-state index contributed by atoms with van der Waals surface area (Å²) in [5.74, 6) is -1.12. The smallest absolute Gasteiger partial charge is 0.410 e. The number of hydrogen-bond donors (Lipinski definition) is 3. The fourth-order valence-corrected chi connectivity index (χ4v) is 6.18. The van der Waals surface area contributed by atoms with Gasteiger partial charge in [-0.3, -0.25) is 13.9 Å². The van der Waals surface area contributed by atoms with Crippen LogP contribution in [0.2, 0.25) is 0 Å². The van der Waals surface area contributed by atoms with Gasteiger partial charge in [-0.2, -0.15) is 0 Å². The number of amides is 3. The molecular weight excluding hydrogens is 632 g/mol. The highest BCUT2D eigenvalue weighted by Gasteiger charge is 2.40. The average Bonchev–Trinajstić information content (AvgIpc) is 3.53. The molecule has 48 heavy (non-hydrogen) atoms. The van der Waals surface area contributed by atoms with Gasteiger partial charge >= 0.3 is 6.09 Å². The van der Waals surface area contributed by atoms with E-state index in [0.29, 0.717) is 19.4 Å². The quantitative estimate of drug-likeness (QED) is 0.267. The highest BCUT2D eigenvalue weighted by atomic mass is 32.2. The van der Waals surface area contributed by atoms with Crippen LogP contribution in [0.15, 0.2) is 78.9 Å². The molecule has 11 nitrogen and oxygen atoms in total. The predicted molar refractivity (Wildman–Crippen MR) is 185 cm³/mol. The number of aliphatic hydroxyl groups excluding tert-OH is 1. The summed E-state index contributed by atoms with van der Waals surface area (Å²) in [6, 6.07) is 21.1. The van der Waals surface area contributed by atoms with Crippen LogP contribution < -0.4 is 14.9 Å². The maximum atomic E-state index is 14.0. The fourth-order valence-electron chi connectivity index (χ4n) is 5.69. The Bertz CT molecular complexity index is 1690. The van der Waals surface area contributed by atoms with E-state index in [1.54, 1.807) is 20.8 Å². The number of likely N-dealkylation sites (tertiary alicyclic amines) is 1. The van der Waals surface area contributed by atoms with Crippen molar-refractivity contribution in [2.24, 2.45) is 0 Å². The van der Waals surface area contributed by atoms with Crippen molar-refractivity contribution < 1.29 is 32.6 Å². The Morgan fingerprint density at radius 2 is 1.52 bits per heavy atom. The molecule has 4 atom stereocenters. The summed E-state index contributed by atoms with van der Waals surface area (Å²) >= 11 is 0. The molecule has 1 aliphatic rings. The van der Waals surface area contributed by atoms with Crippen LogP contribution >= 0.6 is 0 Å². The molecule has 3 aromatic rings. The summed E-state index contributed by atoms with van der Waals surface area (Å²) in [5, 5.41) is 17.6. The van der Waals surface area contributed by atoms with Crippen molar-refractivity contribution in [1.29, 1.82) is 0 Å². The minimum absolute atomic E-state index is 0.0289. The zero-order chi connectivity index (χ0) is 35.2. The number of carbonyl (C=O) groups is 3. The molecule has 3 aromatic carbocycles. The zero-order valence-electron chi connectivity index (χ0n) is 28.3. The highest BCUT2D eigenvalue weighted by Crippen LogP contribution is 2.27. The lowest BCUT2D eigenvalue weighted by Crippen LogP contribution is -2.54. The second kappa shape index (κ2) is 15.2. The van der Waals surface area contributed by atoms with Gasteiger partial charge in [-0.15, -0.1) is 0 Å². The van der Waals surface area contributed by atoms with Gasteiger partial charge in [0.15, 0.2) is 0 Å². The Morgan fingerprint density at radius 3 is 2.08 bits per heavy atom. The number of benzene rings is 3. The van der Waals surface area contributed by atoms with Crippen LogP contribution in [-0.2, 0) is 21.2 Å². The zero-order valence-corrected chi connectivity index (χ0v) is 29.2. The van der Waals surface area contributed by atoms with E-state index in [2.05, 4.69) is 10.6 Å². The molecule has 0 aliphatic carbocycles. The molecule has 3 N–H and O–H groups in total. The summed E-state index contributed by atoms with van der Waals surface area (Å²) < 4.78 is 31.6. The lowest BCUT2D eigenvalue weighted by molar-refractivity contribution is -0.00161. The SMILES string of the molecule is C[C@@H](NC(=O)c1cc(C(=O)N[C@@H](Cc2ccccc2)[C@H](O)[C@H]2CCCN2C(=O)OC(C)(C)C)cc(N(C)S(C)(=O)=O)c1)c1ccccc1. The van der Waals surface area contributed by atoms with E-state index in [4.69, 9.17) is 4.74 Å². The number of nitrogens with one attached hydrogen (secondary N) is 2. The number of hydrogen-bond acceptors (Lipinski definition) is 7. The van der Waals surface area contributed by atoms with Crippen molar-refractivity contribution in [2.45, 2.75) is 76.8 Å². The molecule has 12 heteroatoms. The largest absolute Gasteiger partial charge is 0.444 e. The van der Waals surface area contributed by atoms with Crippen molar-refractivity contribution in [3.8, 4) is 0 Å². The molecule has 0 bridgehead atoms. The van der Waals surface area contributed by atoms with Gasteiger partial charge in [-0.1, -0.05) is 60.7 Å². The highest BCUT2D eigenvalue weighted by molar-refractivity contribution is 7.92. The van der Waals surface area contributed by atoms with Crippen molar-refractivity contribution in [3.05, 3.63) is 101 Å². The third-order valence-electron chi connectivity index (χ3n) is 8.30. The van der Waals surface area contributed by atoms with Crippen LogP contribution in [0.3, 0.4) is 0 Å². The monoisotopic (exact) mass is 678 g/mol. The molecule has 0 saturated carbocycles. The van der Waals surface area contributed by atoms with Gasteiger partial charge in [0.05, 0.1) is 36.2 Å². The number of anilines is 1. The first kappa shape index (κ1) is 36.4. The first-order valence-electron chi connectivity index (χ1n) is 16.0. The third-order valence-corrected chi connectivity index (χ3v) is 9.50. The molecule has 1 aliphatic heterocycles. The number of ether oxygens (including phenoxy) is 1. The Morgan fingerprint density at radius 1 is 0.958 bits per heavy atom. The number of aliphatic hydroxyl groups is 1. The normalized spacial score (nSPS) is 16.8. The van der Waals surface area contributed by atoms with Gasteiger partial charge in [-0.05, 0) is 76.3 Å². The van der Waals surface area contributed by atoms with E-state index in [-0.39, 0.29) is 29.3 Å². The molecule has 0 spiro atoms. The molecule has 3 amide bonds. The van der Waals surface area contributed by atoms with Gasteiger partial charge in [0.1, 0.15) is 5.60 Å². The van der Waals surface area contributed by atoms with E-state index in [1.165, 1.54) is 30.1 Å². The van der Waals surface area contributed by atoms with Crippen molar-refractivity contribution in [1.82, 2.24) is 15.5 Å². The number of rotatable bonds is 11. The molecule has 1 saturated heterocycles. The van der Waals surface area contributed by atoms with E-state index < -0.39 is 51.7 Å². The van der Waals surface area contributed by atoms with Crippen molar-refractivity contribution in [3.63, 3.8) is 0 Å². The van der Waals surface area contributed by atoms with Crippen LogP contribution in [0, 0.1) is 0 Å². The maximum absolute atomic E-state index is 14.0. The molecule has 258 valence electrons. The fraction of sp³-hybridized carbons (Fsp3) is 0.417. The molecular formula is C36H46N4O7S. The third kappa shape index (κ3) is 9.57. The second-order valence-electron chi connectivity index (χ2n) is 13.2. The Kier molecular flexibility index (Phi) is 11.5. The molecule has 0 radical (unpaired) electrons. The van der Waals surface area contributed by atoms with Crippen molar-refractivity contribution in [2.75, 3.05) is 24.2 Å². The van der Waals surface area contributed by atoms with Gasteiger partial charge in [-0.25, -0.2) is 13.2 Å². The topological polar surface area (TPSA) is 145 Å². The van der Waals surface area contributed by atoms with Crippen LogP contribution in [0.25, 0.3) is 0 Å². The van der Waals surface area contributed by atoms with Crippen LogP contribution in [-0.4, -0.2) is 80.0 Å². The Hall–Kier alpha value is -4.42. The van der Waals surface area contributed by atoms with Gasteiger partial charge in [0.25, 0.3) is 11.8 Å². The maximum Gasteiger partial charge on any atom is 0.410 e. The van der Waals surface area contributed by atoms with E-state index in [1.807, 2.05) is 67.6 Å². The van der Waals surface area contributed by atoms with Crippen LogP contribution in [0.1, 0.15) is 78.4 Å². The molecule has 0 aromatic heterocycles. The standard InChI is InChI=1S/C36H46N4O7S/c1-24(26-16-11-8-12-17-26)37-33(42)27-21-28(23-29(22-27)39(5)48(6,45)46)34(43)38-30(20-25-14-9-7-10-15-25)32(41)31-18-13-19-40(31)35(44)47-36(2,3)4/h7-12,14-17,21-24,30-32,41H,13,18-20H2,1-6H3,(H,37,42)(H,38,43)/t24-,30+,31-,32+/m1/s1. The minimum atomic E-state index is -3.74. The van der Waals surface area contributed by atoms with Gasteiger partial charge in [0.2, 0.25) is 10.0 Å². The molecule has 1 fully saturated rings. The van der Waals surface area contributed by atoms with Gasteiger partial charge in [0, 0.05) is 24.7 Å².